The van der Waals surface area contributed by atoms with Crippen molar-refractivity contribution in [1.29, 1.82) is 0 Å². The van der Waals surface area contributed by atoms with Gasteiger partial charge < -0.3 is 20.6 Å². The average Bonchev–Trinajstić information content (AvgIpc) is 2.57. The number of hydrogen-bond donors (Lipinski definition) is 5. The highest BCUT2D eigenvalue weighted by molar-refractivity contribution is 7.92. The number of carboxylic acids is 1. The number of carbonyl (C=O) groups is 2. The fourth-order valence-electron chi connectivity index (χ4n) is 2.10. The molecular formula is C16H16N2O7S. The lowest BCUT2D eigenvalue weighted by Gasteiger charge is -2.12. The zero-order valence-corrected chi connectivity index (χ0v) is 14.4. The van der Waals surface area contributed by atoms with Gasteiger partial charge in [0.25, 0.3) is 10.0 Å². The van der Waals surface area contributed by atoms with E-state index in [0.29, 0.717) is 5.56 Å². The van der Waals surface area contributed by atoms with Crippen molar-refractivity contribution < 1.29 is 33.3 Å². The van der Waals surface area contributed by atoms with E-state index >= 15 is 0 Å². The minimum atomic E-state index is -4.11. The van der Waals surface area contributed by atoms with E-state index in [1.165, 1.54) is 18.2 Å². The first-order valence-electron chi connectivity index (χ1n) is 7.24. The molecule has 0 spiro atoms. The maximum Gasteiger partial charge on any atom is 0.335 e. The number of aromatic carboxylic acids is 1. The van der Waals surface area contributed by atoms with Crippen LogP contribution in [0.4, 0.5) is 11.4 Å². The lowest BCUT2D eigenvalue weighted by molar-refractivity contribution is -0.118. The zero-order chi connectivity index (χ0) is 19.5. The predicted octanol–water partition coefficient (Wildman–Crippen LogP) is 1.13. The van der Waals surface area contributed by atoms with Crippen molar-refractivity contribution in [1.82, 2.24) is 0 Å². The lowest BCUT2D eigenvalue weighted by Crippen LogP contribution is -2.17. The van der Waals surface area contributed by atoms with Crippen LogP contribution in [0.25, 0.3) is 0 Å². The van der Waals surface area contributed by atoms with E-state index in [4.69, 9.17) is 10.2 Å². The minimum Gasteiger partial charge on any atom is -0.506 e. The number of rotatable bonds is 6. The Balaban J connectivity index is 2.35. The van der Waals surface area contributed by atoms with E-state index in [-0.39, 0.29) is 27.6 Å². The number of hydrogen-bond acceptors (Lipinski definition) is 6. The first-order valence-corrected chi connectivity index (χ1v) is 8.73. The first kappa shape index (κ1) is 19.2. The second-order valence-corrected chi connectivity index (χ2v) is 7.01. The molecule has 0 heterocycles. The van der Waals surface area contributed by atoms with Crippen molar-refractivity contribution in [2.75, 3.05) is 16.6 Å². The first-order chi connectivity index (χ1) is 12.1. The van der Waals surface area contributed by atoms with E-state index in [0.717, 1.165) is 18.2 Å². The summed E-state index contributed by atoms with van der Waals surface area (Å²) in [6.07, 6.45) is 0. The summed E-state index contributed by atoms with van der Waals surface area (Å²) in [5.41, 5.74) is 0.192. The largest absolute Gasteiger partial charge is 0.506 e. The summed E-state index contributed by atoms with van der Waals surface area (Å²) in [5.74, 6) is -2.36. The molecule has 26 heavy (non-hydrogen) atoms. The van der Waals surface area contributed by atoms with Gasteiger partial charge in [-0.1, -0.05) is 6.07 Å². The third-order valence-corrected chi connectivity index (χ3v) is 4.80. The van der Waals surface area contributed by atoms with Crippen LogP contribution in [-0.4, -0.2) is 42.2 Å². The van der Waals surface area contributed by atoms with Crippen molar-refractivity contribution in [3.63, 3.8) is 0 Å². The molecule has 0 atom stereocenters. The molecule has 9 nitrogen and oxygen atoms in total. The van der Waals surface area contributed by atoms with Crippen molar-refractivity contribution in [2.24, 2.45) is 0 Å². The highest BCUT2D eigenvalue weighted by Crippen LogP contribution is 2.28. The monoisotopic (exact) mass is 380 g/mol. The molecule has 2 aromatic carbocycles. The van der Waals surface area contributed by atoms with E-state index in [1.54, 1.807) is 6.92 Å². The summed E-state index contributed by atoms with van der Waals surface area (Å²) < 4.78 is 27.2. The molecule has 1 amide bonds. The molecule has 0 aromatic heterocycles. The number of sulfonamides is 1. The molecule has 0 bridgehead atoms. The normalized spacial score (nSPS) is 11.0. The molecule has 2 rings (SSSR count). The van der Waals surface area contributed by atoms with E-state index in [9.17, 15) is 23.1 Å². The summed E-state index contributed by atoms with van der Waals surface area (Å²) in [7, 11) is -4.11. The Labute approximate surface area is 149 Å². The van der Waals surface area contributed by atoms with E-state index < -0.39 is 28.5 Å². The van der Waals surface area contributed by atoms with Crippen LogP contribution in [-0.2, 0) is 14.8 Å². The van der Waals surface area contributed by atoms with Gasteiger partial charge in [0.1, 0.15) is 12.4 Å². The molecule has 0 fully saturated rings. The molecule has 0 aliphatic heterocycles. The van der Waals surface area contributed by atoms with Gasteiger partial charge in [-0.2, -0.15) is 0 Å². The van der Waals surface area contributed by atoms with Gasteiger partial charge in [0.2, 0.25) is 5.91 Å². The summed E-state index contributed by atoms with van der Waals surface area (Å²) in [6.45, 7) is 0.736. The minimum absolute atomic E-state index is 0.0217. The summed E-state index contributed by atoms with van der Waals surface area (Å²) in [5, 5.41) is 29.7. The molecule has 10 heteroatoms. The molecule has 138 valence electrons. The van der Waals surface area contributed by atoms with E-state index in [1.807, 2.05) is 0 Å². The Morgan fingerprint density at radius 1 is 1.12 bits per heavy atom. The van der Waals surface area contributed by atoms with Crippen LogP contribution < -0.4 is 10.0 Å². The fraction of sp³-hybridized carbons (Fsp3) is 0.125. The number of phenols is 1. The Bertz CT molecular complexity index is 971. The van der Waals surface area contributed by atoms with Crippen molar-refractivity contribution in [2.45, 2.75) is 11.8 Å². The number of aromatic hydroxyl groups is 1. The quantitative estimate of drug-likeness (QED) is 0.372. The molecule has 0 aliphatic rings. The smallest absolute Gasteiger partial charge is 0.335 e. The van der Waals surface area contributed by atoms with Crippen molar-refractivity contribution in [3.05, 3.63) is 47.5 Å². The second-order valence-electron chi connectivity index (χ2n) is 5.33. The molecule has 5 N–H and O–H groups in total. The Morgan fingerprint density at radius 2 is 1.81 bits per heavy atom. The van der Waals surface area contributed by atoms with Gasteiger partial charge in [-0.25, -0.2) is 13.2 Å². The van der Waals surface area contributed by atoms with Crippen LogP contribution in [0, 0.1) is 6.92 Å². The summed E-state index contributed by atoms with van der Waals surface area (Å²) in [6, 6.07) is 7.25. The fourth-order valence-corrected chi connectivity index (χ4v) is 3.18. The molecule has 0 saturated carbocycles. The summed E-state index contributed by atoms with van der Waals surface area (Å²) in [4.78, 5) is 22.1. The predicted molar refractivity (Wildman–Crippen MR) is 92.8 cm³/mol. The number of benzene rings is 2. The van der Waals surface area contributed by atoms with Crippen LogP contribution in [0.15, 0.2) is 41.3 Å². The number of nitrogens with one attached hydrogen (secondary N) is 2. The molecular weight excluding hydrogens is 364 g/mol. The highest BCUT2D eigenvalue weighted by Gasteiger charge is 2.18. The van der Waals surface area contributed by atoms with Gasteiger partial charge in [-0.05, 0) is 42.8 Å². The molecule has 0 saturated heterocycles. The molecule has 0 aliphatic carbocycles. The zero-order valence-electron chi connectivity index (χ0n) is 13.6. The van der Waals surface area contributed by atoms with E-state index in [2.05, 4.69) is 10.0 Å². The number of amides is 1. The number of aliphatic hydroxyl groups excluding tert-OH is 1. The molecule has 2 aromatic rings. The second kappa shape index (κ2) is 7.42. The SMILES string of the molecule is Cc1ccc(S(=O)(=O)Nc2ccc(O)c(NC(=O)CO)c2)cc1C(=O)O. The van der Waals surface area contributed by atoms with Gasteiger partial charge in [-0.15, -0.1) is 0 Å². The Hall–Kier alpha value is -3.11. The number of aliphatic hydroxyl groups is 1. The van der Waals surface area contributed by atoms with Gasteiger partial charge >= 0.3 is 5.97 Å². The Kier molecular flexibility index (Phi) is 5.48. The summed E-state index contributed by atoms with van der Waals surface area (Å²) >= 11 is 0. The van der Waals surface area contributed by atoms with Crippen molar-refractivity contribution >= 4 is 33.3 Å². The van der Waals surface area contributed by atoms with Crippen LogP contribution in [0.1, 0.15) is 15.9 Å². The number of anilines is 2. The lowest BCUT2D eigenvalue weighted by atomic mass is 10.1. The number of carbonyl (C=O) groups excluding carboxylic acids is 1. The third-order valence-electron chi connectivity index (χ3n) is 3.42. The third kappa shape index (κ3) is 4.29. The molecule has 0 radical (unpaired) electrons. The van der Waals surface area contributed by atoms with Crippen LogP contribution >= 0.6 is 0 Å². The maximum atomic E-state index is 12.5. The number of phenolic OH excluding ortho intramolecular Hbond substituents is 1. The average molecular weight is 380 g/mol. The van der Waals surface area contributed by atoms with Gasteiger partial charge in [-0.3, -0.25) is 9.52 Å². The van der Waals surface area contributed by atoms with Gasteiger partial charge in [0, 0.05) is 0 Å². The molecule has 0 unspecified atom stereocenters. The highest BCUT2D eigenvalue weighted by atomic mass is 32.2. The number of carboxylic acid groups (broad SMARTS) is 1. The Morgan fingerprint density at radius 3 is 2.42 bits per heavy atom. The van der Waals surface area contributed by atoms with Gasteiger partial charge in [0.05, 0.1) is 21.8 Å². The topological polar surface area (TPSA) is 153 Å². The number of aryl methyl sites for hydroxylation is 1. The van der Waals surface area contributed by atoms with Crippen LogP contribution in [0.5, 0.6) is 5.75 Å². The standard InChI is InChI=1S/C16H16N2O7S/c1-9-2-4-11(7-12(9)16(22)23)26(24,25)18-10-3-5-14(20)13(6-10)17-15(21)8-19/h2-7,18-20H,8H2,1H3,(H,17,21)(H,22,23). The van der Waals surface area contributed by atoms with Crippen LogP contribution in [0.3, 0.4) is 0 Å². The van der Waals surface area contributed by atoms with Gasteiger partial charge in [0.15, 0.2) is 0 Å². The van der Waals surface area contributed by atoms with Crippen LogP contribution in [0.2, 0.25) is 0 Å². The maximum absolute atomic E-state index is 12.5. The van der Waals surface area contributed by atoms with Crippen molar-refractivity contribution in [3.8, 4) is 5.75 Å².